The third-order valence-electron chi connectivity index (χ3n) is 3.60. The molecule has 5 heteroatoms. The molecule has 0 amide bonds. The van der Waals surface area contributed by atoms with E-state index < -0.39 is 5.97 Å². The highest BCUT2D eigenvalue weighted by atomic mass is 19.1. The predicted molar refractivity (Wildman–Crippen MR) is 78.4 cm³/mol. The molecule has 114 valence electrons. The molecule has 4 nitrogen and oxygen atoms in total. The van der Waals surface area contributed by atoms with Crippen LogP contribution in [0.1, 0.15) is 24.5 Å². The summed E-state index contributed by atoms with van der Waals surface area (Å²) >= 11 is 0. The third kappa shape index (κ3) is 4.65. The van der Waals surface area contributed by atoms with E-state index in [0.717, 1.165) is 24.6 Å². The second-order valence-corrected chi connectivity index (χ2v) is 5.17. The van der Waals surface area contributed by atoms with Crippen LogP contribution in [-0.4, -0.2) is 41.8 Å². The number of benzene rings is 1. The van der Waals surface area contributed by atoms with Crippen LogP contribution in [0.25, 0.3) is 6.08 Å². The Hall–Kier alpha value is -1.72. The first-order chi connectivity index (χ1) is 10.1. The normalized spacial score (nSPS) is 20.0. The van der Waals surface area contributed by atoms with Gasteiger partial charge in [0.1, 0.15) is 5.82 Å². The third-order valence-corrected chi connectivity index (χ3v) is 3.60. The number of morpholine rings is 1. The lowest BCUT2D eigenvalue weighted by molar-refractivity contribution is -0.131. The maximum absolute atomic E-state index is 13.7. The van der Waals surface area contributed by atoms with Crippen LogP contribution in [0.5, 0.6) is 0 Å². The van der Waals surface area contributed by atoms with Gasteiger partial charge in [0.15, 0.2) is 0 Å². The van der Waals surface area contributed by atoms with E-state index in [4.69, 9.17) is 9.84 Å². The van der Waals surface area contributed by atoms with Crippen molar-refractivity contribution in [2.75, 3.05) is 19.8 Å². The fourth-order valence-corrected chi connectivity index (χ4v) is 2.54. The molecule has 0 aliphatic carbocycles. The van der Waals surface area contributed by atoms with Crippen LogP contribution in [0.15, 0.2) is 24.3 Å². The van der Waals surface area contributed by atoms with Crippen LogP contribution in [0.2, 0.25) is 0 Å². The van der Waals surface area contributed by atoms with Crippen molar-refractivity contribution in [1.82, 2.24) is 4.90 Å². The molecular formula is C16H20FNO3. The number of ether oxygens (including phenoxy) is 1. The van der Waals surface area contributed by atoms with Crippen LogP contribution in [0.4, 0.5) is 4.39 Å². The largest absolute Gasteiger partial charge is 0.478 e. The van der Waals surface area contributed by atoms with Gasteiger partial charge >= 0.3 is 5.97 Å². The van der Waals surface area contributed by atoms with Gasteiger partial charge in [0.05, 0.1) is 13.2 Å². The van der Waals surface area contributed by atoms with Crippen LogP contribution in [0, 0.1) is 5.82 Å². The van der Waals surface area contributed by atoms with E-state index in [1.54, 1.807) is 0 Å². The van der Waals surface area contributed by atoms with Crippen molar-refractivity contribution in [1.29, 1.82) is 0 Å². The lowest BCUT2D eigenvalue weighted by atomic mass is 10.1. The van der Waals surface area contributed by atoms with E-state index in [0.29, 0.717) is 31.4 Å². The number of carbonyl (C=O) groups is 1. The van der Waals surface area contributed by atoms with Gasteiger partial charge in [-0.3, -0.25) is 4.90 Å². The van der Waals surface area contributed by atoms with Gasteiger partial charge in [-0.1, -0.05) is 13.0 Å². The molecule has 0 aromatic heterocycles. The van der Waals surface area contributed by atoms with Gasteiger partial charge < -0.3 is 9.84 Å². The zero-order valence-corrected chi connectivity index (χ0v) is 12.1. The molecule has 0 saturated carbocycles. The molecule has 1 unspecified atom stereocenters. The van der Waals surface area contributed by atoms with E-state index in [1.165, 1.54) is 18.2 Å². The van der Waals surface area contributed by atoms with Crippen LogP contribution >= 0.6 is 0 Å². The minimum absolute atomic E-state index is 0.347. The van der Waals surface area contributed by atoms with Gasteiger partial charge in [-0.2, -0.15) is 0 Å². The first-order valence-electron chi connectivity index (χ1n) is 7.10. The fourth-order valence-electron chi connectivity index (χ4n) is 2.54. The molecule has 0 bridgehead atoms. The SMILES string of the molecule is CCC1COCCN1Cc1cc(F)cc(C=CC(=O)O)c1. The summed E-state index contributed by atoms with van der Waals surface area (Å²) in [5, 5.41) is 8.64. The number of hydrogen-bond acceptors (Lipinski definition) is 3. The second-order valence-electron chi connectivity index (χ2n) is 5.17. The average molecular weight is 293 g/mol. The summed E-state index contributed by atoms with van der Waals surface area (Å²) in [7, 11) is 0. The molecule has 1 aliphatic heterocycles. The Bertz CT molecular complexity index is 530. The molecule has 0 radical (unpaired) electrons. The Morgan fingerprint density at radius 3 is 3.05 bits per heavy atom. The minimum atomic E-state index is -1.04. The predicted octanol–water partition coefficient (Wildman–Crippen LogP) is 2.53. The van der Waals surface area contributed by atoms with E-state index in [-0.39, 0.29) is 5.82 Å². The summed E-state index contributed by atoms with van der Waals surface area (Å²) in [5.41, 5.74) is 1.41. The summed E-state index contributed by atoms with van der Waals surface area (Å²) in [6, 6.07) is 5.00. The zero-order valence-electron chi connectivity index (χ0n) is 12.1. The number of nitrogens with zero attached hydrogens (tertiary/aromatic N) is 1. The number of hydrogen-bond donors (Lipinski definition) is 1. The van der Waals surface area contributed by atoms with Gasteiger partial charge in [0.2, 0.25) is 0 Å². The van der Waals surface area contributed by atoms with Crippen molar-refractivity contribution in [2.24, 2.45) is 0 Å². The highest BCUT2D eigenvalue weighted by Crippen LogP contribution is 2.17. The Morgan fingerprint density at radius 2 is 2.33 bits per heavy atom. The number of aliphatic carboxylic acids is 1. The van der Waals surface area contributed by atoms with E-state index >= 15 is 0 Å². The highest BCUT2D eigenvalue weighted by Gasteiger charge is 2.21. The summed E-state index contributed by atoms with van der Waals surface area (Å²) in [4.78, 5) is 12.8. The Morgan fingerprint density at radius 1 is 1.52 bits per heavy atom. The fraction of sp³-hybridized carbons (Fsp3) is 0.438. The van der Waals surface area contributed by atoms with E-state index in [9.17, 15) is 9.18 Å². The zero-order chi connectivity index (χ0) is 15.2. The Kier molecular flexibility index (Phi) is 5.47. The van der Waals surface area contributed by atoms with Crippen LogP contribution in [-0.2, 0) is 16.1 Å². The molecule has 1 atom stereocenters. The second kappa shape index (κ2) is 7.33. The van der Waals surface area contributed by atoms with Crippen molar-refractivity contribution in [3.63, 3.8) is 0 Å². The monoisotopic (exact) mass is 293 g/mol. The average Bonchev–Trinajstić information content (AvgIpc) is 2.45. The van der Waals surface area contributed by atoms with Gasteiger partial charge in [0.25, 0.3) is 0 Å². The molecule has 2 rings (SSSR count). The lowest BCUT2D eigenvalue weighted by Crippen LogP contribution is -2.44. The van der Waals surface area contributed by atoms with Crippen LogP contribution < -0.4 is 0 Å². The molecule has 1 N–H and O–H groups in total. The number of carboxylic acid groups (broad SMARTS) is 1. The van der Waals surface area contributed by atoms with E-state index in [2.05, 4.69) is 11.8 Å². The maximum atomic E-state index is 13.7. The summed E-state index contributed by atoms with van der Waals surface area (Å²) in [6.07, 6.45) is 3.41. The highest BCUT2D eigenvalue weighted by molar-refractivity contribution is 5.85. The van der Waals surface area contributed by atoms with Crippen molar-refractivity contribution in [3.8, 4) is 0 Å². The molecular weight excluding hydrogens is 273 g/mol. The molecule has 0 spiro atoms. The van der Waals surface area contributed by atoms with Gasteiger partial charge in [-0.15, -0.1) is 0 Å². The quantitative estimate of drug-likeness (QED) is 0.848. The molecule has 1 aliphatic rings. The summed E-state index contributed by atoms with van der Waals surface area (Å²) in [6.45, 7) is 4.98. The van der Waals surface area contributed by atoms with E-state index in [1.807, 2.05) is 6.07 Å². The smallest absolute Gasteiger partial charge is 0.328 e. The standard InChI is InChI=1S/C16H20FNO3/c1-2-15-11-21-6-5-18(15)10-13-7-12(3-4-16(19)20)8-14(17)9-13/h3-4,7-9,15H,2,5-6,10-11H2,1H3,(H,19,20). The topological polar surface area (TPSA) is 49.8 Å². The molecule has 1 aromatic rings. The summed E-state index contributed by atoms with van der Waals surface area (Å²) in [5.74, 6) is -1.39. The van der Waals surface area contributed by atoms with Gasteiger partial charge in [-0.25, -0.2) is 9.18 Å². The van der Waals surface area contributed by atoms with Crippen LogP contribution in [0.3, 0.4) is 0 Å². The Labute approximate surface area is 123 Å². The maximum Gasteiger partial charge on any atom is 0.328 e. The molecule has 1 aromatic carbocycles. The molecule has 1 fully saturated rings. The first-order valence-corrected chi connectivity index (χ1v) is 7.10. The molecule has 21 heavy (non-hydrogen) atoms. The summed E-state index contributed by atoms with van der Waals surface area (Å²) < 4.78 is 19.1. The van der Waals surface area contributed by atoms with Crippen molar-refractivity contribution < 1.29 is 19.0 Å². The number of rotatable bonds is 5. The number of carboxylic acids is 1. The molecule has 1 heterocycles. The first kappa shape index (κ1) is 15.7. The van der Waals surface area contributed by atoms with Crippen molar-refractivity contribution in [2.45, 2.75) is 25.9 Å². The minimum Gasteiger partial charge on any atom is -0.478 e. The Balaban J connectivity index is 2.13. The molecule has 1 saturated heterocycles. The van der Waals surface area contributed by atoms with Crippen molar-refractivity contribution in [3.05, 3.63) is 41.2 Å². The number of halogens is 1. The van der Waals surface area contributed by atoms with Gasteiger partial charge in [0, 0.05) is 25.2 Å². The van der Waals surface area contributed by atoms with Gasteiger partial charge in [-0.05, 0) is 35.8 Å². The lowest BCUT2D eigenvalue weighted by Gasteiger charge is -2.35. The van der Waals surface area contributed by atoms with Crippen molar-refractivity contribution >= 4 is 12.0 Å².